The van der Waals surface area contributed by atoms with Gasteiger partial charge >= 0.3 is 0 Å². The highest BCUT2D eigenvalue weighted by atomic mass is 35.5. The number of benzene rings is 1. The van der Waals surface area contributed by atoms with Crippen LogP contribution < -0.4 is 5.32 Å². The minimum atomic E-state index is 0.0624. The van der Waals surface area contributed by atoms with Crippen LogP contribution in [-0.2, 0) is 9.53 Å². The molecule has 7 heteroatoms. The number of carbonyl (C=O) groups excluding carboxylic acids is 1. The van der Waals surface area contributed by atoms with Crippen molar-refractivity contribution in [1.82, 2.24) is 14.7 Å². The zero-order chi connectivity index (χ0) is 16.2. The number of ether oxygens (including phenoxy) is 1. The van der Waals surface area contributed by atoms with Gasteiger partial charge in [0, 0.05) is 31.2 Å². The number of hydrogen-bond acceptors (Lipinski definition) is 4. The number of amides is 1. The maximum absolute atomic E-state index is 12.2. The number of nitrogens with one attached hydrogen (secondary N) is 1. The van der Waals surface area contributed by atoms with Crippen LogP contribution in [0.3, 0.4) is 0 Å². The second kappa shape index (κ2) is 7.02. The van der Waals surface area contributed by atoms with Crippen LogP contribution in [0.15, 0.2) is 36.7 Å². The van der Waals surface area contributed by atoms with Crippen LogP contribution in [-0.4, -0.2) is 52.9 Å². The van der Waals surface area contributed by atoms with Crippen LogP contribution >= 0.6 is 11.6 Å². The van der Waals surface area contributed by atoms with Gasteiger partial charge in [-0.05, 0) is 31.2 Å². The van der Waals surface area contributed by atoms with Gasteiger partial charge < -0.3 is 15.0 Å². The largest absolute Gasteiger partial charge is 0.376 e. The zero-order valence-electron chi connectivity index (χ0n) is 12.9. The summed E-state index contributed by atoms with van der Waals surface area (Å²) in [4.78, 5) is 14.0. The Kier molecular flexibility index (Phi) is 4.83. The summed E-state index contributed by atoms with van der Waals surface area (Å²) in [6.45, 7) is 4.09. The minimum absolute atomic E-state index is 0.0624. The quantitative estimate of drug-likeness (QED) is 0.931. The van der Waals surface area contributed by atoms with Crippen LogP contribution in [0, 0.1) is 0 Å². The average Bonchev–Trinajstić information content (AvgIpc) is 3.07. The summed E-state index contributed by atoms with van der Waals surface area (Å²) in [5.41, 5.74) is 1.61. The fraction of sp³-hybridized carbons (Fsp3) is 0.375. The highest BCUT2D eigenvalue weighted by Gasteiger charge is 2.20. The van der Waals surface area contributed by atoms with Crippen molar-refractivity contribution in [3.63, 3.8) is 0 Å². The Balaban J connectivity index is 1.60. The maximum Gasteiger partial charge on any atom is 0.242 e. The van der Waals surface area contributed by atoms with Crippen LogP contribution in [0.1, 0.15) is 6.92 Å². The molecule has 2 heterocycles. The Morgan fingerprint density at radius 1 is 1.52 bits per heavy atom. The molecule has 0 radical (unpaired) electrons. The van der Waals surface area contributed by atoms with Crippen molar-refractivity contribution in [2.24, 2.45) is 0 Å². The molecule has 6 nitrogen and oxygen atoms in total. The molecule has 1 aromatic carbocycles. The van der Waals surface area contributed by atoms with E-state index in [1.165, 1.54) is 0 Å². The molecule has 1 N–H and O–H groups in total. The molecule has 0 saturated carbocycles. The normalized spacial score (nSPS) is 18.0. The summed E-state index contributed by atoms with van der Waals surface area (Å²) in [6, 6.07) is 7.40. The third-order valence-electron chi connectivity index (χ3n) is 3.74. The van der Waals surface area contributed by atoms with Gasteiger partial charge in [-0.1, -0.05) is 11.6 Å². The first-order chi connectivity index (χ1) is 11.1. The smallest absolute Gasteiger partial charge is 0.242 e. The molecule has 1 aliphatic rings. The van der Waals surface area contributed by atoms with Crippen molar-refractivity contribution in [3.8, 4) is 5.69 Å². The Labute approximate surface area is 140 Å². The Morgan fingerprint density at radius 2 is 2.39 bits per heavy atom. The van der Waals surface area contributed by atoms with Crippen LogP contribution in [0.25, 0.3) is 5.69 Å². The fourth-order valence-electron chi connectivity index (χ4n) is 2.55. The van der Waals surface area contributed by atoms with E-state index in [0.29, 0.717) is 24.7 Å². The van der Waals surface area contributed by atoms with E-state index >= 15 is 0 Å². The molecule has 1 aliphatic heterocycles. The van der Waals surface area contributed by atoms with Gasteiger partial charge in [0.25, 0.3) is 0 Å². The highest BCUT2D eigenvalue weighted by Crippen LogP contribution is 2.23. The molecule has 0 aliphatic carbocycles. The Morgan fingerprint density at radius 3 is 3.09 bits per heavy atom. The van der Waals surface area contributed by atoms with Crippen molar-refractivity contribution in [2.45, 2.75) is 13.0 Å². The average molecular weight is 335 g/mol. The molecule has 0 unspecified atom stereocenters. The SMILES string of the molecule is C[C@@H]1CN(C(=O)CNc2ccc(-n3cccn3)c(Cl)c2)CCO1. The molecule has 0 spiro atoms. The molecular formula is C16H19ClN4O2. The minimum Gasteiger partial charge on any atom is -0.376 e. The first kappa shape index (κ1) is 15.8. The van der Waals surface area contributed by atoms with E-state index in [1.807, 2.05) is 36.2 Å². The summed E-state index contributed by atoms with van der Waals surface area (Å²) < 4.78 is 7.15. The molecule has 122 valence electrons. The Bertz CT molecular complexity index is 675. The van der Waals surface area contributed by atoms with Crippen LogP contribution in [0.4, 0.5) is 5.69 Å². The lowest BCUT2D eigenvalue weighted by molar-refractivity contribution is -0.136. The van der Waals surface area contributed by atoms with E-state index < -0.39 is 0 Å². The van der Waals surface area contributed by atoms with Gasteiger partial charge in [-0.3, -0.25) is 4.79 Å². The summed E-state index contributed by atoms with van der Waals surface area (Å²) in [7, 11) is 0. The molecule has 1 amide bonds. The first-order valence-electron chi connectivity index (χ1n) is 7.56. The van der Waals surface area contributed by atoms with Gasteiger partial charge in [-0.15, -0.1) is 0 Å². The van der Waals surface area contributed by atoms with Crippen molar-refractivity contribution in [3.05, 3.63) is 41.7 Å². The molecule has 1 fully saturated rings. The van der Waals surface area contributed by atoms with Crippen LogP contribution in [0.5, 0.6) is 0 Å². The third-order valence-corrected chi connectivity index (χ3v) is 4.04. The molecule has 3 rings (SSSR count). The third kappa shape index (κ3) is 3.83. The number of nitrogens with zero attached hydrogens (tertiary/aromatic N) is 3. The number of carbonyl (C=O) groups is 1. The number of anilines is 1. The predicted molar refractivity (Wildman–Crippen MR) is 89.1 cm³/mol. The van der Waals surface area contributed by atoms with Gasteiger partial charge in [-0.25, -0.2) is 4.68 Å². The van der Waals surface area contributed by atoms with E-state index in [-0.39, 0.29) is 18.6 Å². The zero-order valence-corrected chi connectivity index (χ0v) is 13.7. The molecule has 0 bridgehead atoms. The second-order valence-electron chi connectivity index (χ2n) is 5.49. The van der Waals surface area contributed by atoms with Gasteiger partial charge in [0.15, 0.2) is 0 Å². The summed E-state index contributed by atoms with van der Waals surface area (Å²) in [6.07, 6.45) is 3.62. The van der Waals surface area contributed by atoms with Gasteiger partial charge in [0.1, 0.15) is 0 Å². The second-order valence-corrected chi connectivity index (χ2v) is 5.90. The van der Waals surface area contributed by atoms with Crippen LogP contribution in [0.2, 0.25) is 5.02 Å². The summed E-state index contributed by atoms with van der Waals surface area (Å²) in [5.74, 6) is 0.0624. The van der Waals surface area contributed by atoms with E-state index in [4.69, 9.17) is 16.3 Å². The number of morpholine rings is 1. The molecule has 1 atom stereocenters. The number of aromatic nitrogens is 2. The van der Waals surface area contributed by atoms with Gasteiger partial charge in [0.05, 0.1) is 30.0 Å². The van der Waals surface area contributed by atoms with Gasteiger partial charge in [0.2, 0.25) is 5.91 Å². The van der Waals surface area contributed by atoms with E-state index in [0.717, 1.165) is 11.4 Å². The lowest BCUT2D eigenvalue weighted by Gasteiger charge is -2.31. The van der Waals surface area contributed by atoms with Crippen molar-refractivity contribution >= 4 is 23.2 Å². The lowest BCUT2D eigenvalue weighted by atomic mass is 10.2. The molecule has 1 saturated heterocycles. The van der Waals surface area contributed by atoms with E-state index in [2.05, 4.69) is 10.4 Å². The summed E-state index contributed by atoms with van der Waals surface area (Å²) >= 11 is 6.29. The van der Waals surface area contributed by atoms with E-state index in [1.54, 1.807) is 16.9 Å². The molecule has 23 heavy (non-hydrogen) atoms. The summed E-state index contributed by atoms with van der Waals surface area (Å²) in [5, 5.41) is 7.86. The topological polar surface area (TPSA) is 59.4 Å². The number of halogens is 1. The monoisotopic (exact) mass is 334 g/mol. The molecule has 2 aromatic rings. The number of hydrogen-bond donors (Lipinski definition) is 1. The standard InChI is InChI=1S/C16H19ClN4O2/c1-12-11-20(7-8-23-12)16(22)10-18-13-3-4-15(14(17)9-13)21-6-2-5-19-21/h2-6,9,12,18H,7-8,10-11H2,1H3/t12-/m1/s1. The van der Waals surface area contributed by atoms with Crippen molar-refractivity contribution in [2.75, 3.05) is 31.6 Å². The number of rotatable bonds is 4. The van der Waals surface area contributed by atoms with Gasteiger partial charge in [-0.2, -0.15) is 5.10 Å². The maximum atomic E-state index is 12.2. The highest BCUT2D eigenvalue weighted by molar-refractivity contribution is 6.32. The van der Waals surface area contributed by atoms with E-state index in [9.17, 15) is 4.79 Å². The van der Waals surface area contributed by atoms with Crippen molar-refractivity contribution < 1.29 is 9.53 Å². The predicted octanol–water partition coefficient (Wildman–Crippen LogP) is 2.18. The first-order valence-corrected chi connectivity index (χ1v) is 7.94. The van der Waals surface area contributed by atoms with Crippen molar-refractivity contribution in [1.29, 1.82) is 0 Å². The fourth-order valence-corrected chi connectivity index (χ4v) is 2.82. The Hall–Kier alpha value is -2.05. The lowest BCUT2D eigenvalue weighted by Crippen LogP contribution is -2.46. The molecular weight excluding hydrogens is 316 g/mol. The molecule has 1 aromatic heterocycles.